The van der Waals surface area contributed by atoms with E-state index in [4.69, 9.17) is 16.3 Å². The molecule has 4 rings (SSSR count). The lowest BCUT2D eigenvalue weighted by Gasteiger charge is -2.10. The van der Waals surface area contributed by atoms with Gasteiger partial charge >= 0.3 is 0 Å². The Kier molecular flexibility index (Phi) is 5.20. The maximum absolute atomic E-state index is 14.6. The number of pyridine rings is 1. The molecular weight excluding hydrogens is 396 g/mol. The maximum atomic E-state index is 14.6. The molecule has 0 saturated carbocycles. The second-order valence-corrected chi connectivity index (χ2v) is 7.07. The van der Waals surface area contributed by atoms with Crippen molar-refractivity contribution in [3.63, 3.8) is 0 Å². The first-order chi connectivity index (χ1) is 14.0. The lowest BCUT2D eigenvalue weighted by atomic mass is 10.1. The molecule has 29 heavy (non-hydrogen) atoms. The number of halogens is 3. The SMILES string of the molecule is CCOc1cc(F)c(Cn2nc(-c3cc(Cl)ccn3)c3c(C)cccc32)c(F)c1. The van der Waals surface area contributed by atoms with Gasteiger partial charge in [0.25, 0.3) is 0 Å². The summed E-state index contributed by atoms with van der Waals surface area (Å²) in [6.07, 6.45) is 1.60. The summed E-state index contributed by atoms with van der Waals surface area (Å²) in [5.74, 6) is -1.18. The molecule has 0 amide bonds. The Labute approximate surface area is 171 Å². The van der Waals surface area contributed by atoms with Crippen LogP contribution < -0.4 is 4.74 Å². The number of hydrogen-bond acceptors (Lipinski definition) is 3. The summed E-state index contributed by atoms with van der Waals surface area (Å²) in [5.41, 5.74) is 2.88. The molecular formula is C22H18ClF2N3O. The largest absolute Gasteiger partial charge is 0.494 e. The van der Waals surface area contributed by atoms with E-state index in [1.54, 1.807) is 29.9 Å². The Morgan fingerprint density at radius 1 is 1.10 bits per heavy atom. The minimum atomic E-state index is -0.674. The Morgan fingerprint density at radius 2 is 1.86 bits per heavy atom. The molecule has 148 valence electrons. The van der Waals surface area contributed by atoms with Crippen molar-refractivity contribution in [1.82, 2.24) is 14.8 Å². The average Bonchev–Trinajstić information content (AvgIpc) is 3.05. The number of aromatic nitrogens is 3. The van der Waals surface area contributed by atoms with Gasteiger partial charge in [-0.1, -0.05) is 23.7 Å². The van der Waals surface area contributed by atoms with E-state index in [-0.39, 0.29) is 17.9 Å². The quantitative estimate of drug-likeness (QED) is 0.416. The molecule has 7 heteroatoms. The lowest BCUT2D eigenvalue weighted by molar-refractivity contribution is 0.335. The first-order valence-electron chi connectivity index (χ1n) is 9.16. The molecule has 0 saturated heterocycles. The van der Waals surface area contributed by atoms with E-state index >= 15 is 0 Å². The highest BCUT2D eigenvalue weighted by Gasteiger charge is 2.19. The molecule has 2 aromatic heterocycles. The van der Waals surface area contributed by atoms with Gasteiger partial charge in [0, 0.05) is 34.3 Å². The van der Waals surface area contributed by atoms with Crippen LogP contribution in [0.1, 0.15) is 18.1 Å². The van der Waals surface area contributed by atoms with E-state index in [1.165, 1.54) is 12.1 Å². The summed E-state index contributed by atoms with van der Waals surface area (Å²) in [5, 5.41) is 6.04. The van der Waals surface area contributed by atoms with Gasteiger partial charge in [0.15, 0.2) is 0 Å². The third-order valence-corrected chi connectivity index (χ3v) is 4.92. The molecule has 4 aromatic rings. The Bertz CT molecular complexity index is 1180. The van der Waals surface area contributed by atoms with Crippen LogP contribution in [0.15, 0.2) is 48.7 Å². The minimum absolute atomic E-state index is 0.0649. The van der Waals surface area contributed by atoms with Crippen LogP contribution in [-0.2, 0) is 6.54 Å². The first-order valence-corrected chi connectivity index (χ1v) is 9.54. The van der Waals surface area contributed by atoms with Crippen LogP contribution in [0.25, 0.3) is 22.3 Å². The minimum Gasteiger partial charge on any atom is -0.494 e. The standard InChI is InChI=1S/C22H18ClF2N3O/c1-3-29-15-10-17(24)16(18(25)11-15)12-28-20-6-4-5-13(2)21(20)22(27-28)19-9-14(23)7-8-26-19/h4-11H,3,12H2,1-2H3. The summed E-state index contributed by atoms with van der Waals surface area (Å²) in [4.78, 5) is 4.36. The number of benzene rings is 2. The van der Waals surface area contributed by atoms with Gasteiger partial charge in [0.05, 0.1) is 24.4 Å². The fourth-order valence-electron chi connectivity index (χ4n) is 3.36. The van der Waals surface area contributed by atoms with Crippen LogP contribution in [0.3, 0.4) is 0 Å². The van der Waals surface area contributed by atoms with E-state index in [1.807, 2.05) is 25.1 Å². The third-order valence-electron chi connectivity index (χ3n) is 4.68. The van der Waals surface area contributed by atoms with Crippen molar-refractivity contribution < 1.29 is 13.5 Å². The lowest BCUT2D eigenvalue weighted by Crippen LogP contribution is -2.07. The van der Waals surface area contributed by atoms with Gasteiger partial charge in [0.1, 0.15) is 23.1 Å². The zero-order chi connectivity index (χ0) is 20.5. The summed E-state index contributed by atoms with van der Waals surface area (Å²) in [6.45, 7) is 3.98. The Balaban J connectivity index is 1.85. The first kappa shape index (κ1) is 19.3. The van der Waals surface area contributed by atoms with Crippen molar-refractivity contribution in [3.8, 4) is 17.1 Å². The summed E-state index contributed by atoms with van der Waals surface area (Å²) in [6, 6.07) is 11.5. The molecule has 0 unspecified atom stereocenters. The molecule has 0 aliphatic carbocycles. The predicted octanol–water partition coefficient (Wildman–Crippen LogP) is 5.79. The van der Waals surface area contributed by atoms with Crippen LogP contribution in [0.4, 0.5) is 8.78 Å². The normalized spacial score (nSPS) is 11.2. The van der Waals surface area contributed by atoms with Crippen molar-refractivity contribution in [2.45, 2.75) is 20.4 Å². The van der Waals surface area contributed by atoms with Crippen LogP contribution in [0.2, 0.25) is 5.02 Å². The predicted molar refractivity (Wildman–Crippen MR) is 109 cm³/mol. The summed E-state index contributed by atoms with van der Waals surface area (Å²) in [7, 11) is 0. The molecule has 2 aromatic carbocycles. The fraction of sp³-hybridized carbons (Fsp3) is 0.182. The summed E-state index contributed by atoms with van der Waals surface area (Å²) < 4.78 is 36.0. The highest BCUT2D eigenvalue weighted by molar-refractivity contribution is 6.30. The highest BCUT2D eigenvalue weighted by atomic mass is 35.5. The second kappa shape index (κ2) is 7.79. The maximum Gasteiger partial charge on any atom is 0.134 e. The smallest absolute Gasteiger partial charge is 0.134 e. The molecule has 2 heterocycles. The topological polar surface area (TPSA) is 39.9 Å². The molecule has 0 bridgehead atoms. The van der Waals surface area contributed by atoms with E-state index in [0.717, 1.165) is 16.5 Å². The van der Waals surface area contributed by atoms with Gasteiger partial charge in [-0.05, 0) is 37.6 Å². The molecule has 0 atom stereocenters. The average molecular weight is 414 g/mol. The van der Waals surface area contributed by atoms with Gasteiger partial charge in [-0.3, -0.25) is 9.67 Å². The number of hydrogen-bond donors (Lipinski definition) is 0. The van der Waals surface area contributed by atoms with E-state index in [9.17, 15) is 8.78 Å². The van der Waals surface area contributed by atoms with Gasteiger partial charge in [-0.25, -0.2) is 8.78 Å². The van der Waals surface area contributed by atoms with Crippen LogP contribution in [0.5, 0.6) is 5.75 Å². The van der Waals surface area contributed by atoms with Crippen molar-refractivity contribution in [1.29, 1.82) is 0 Å². The monoisotopic (exact) mass is 413 g/mol. The number of ether oxygens (including phenoxy) is 1. The summed E-state index contributed by atoms with van der Waals surface area (Å²) >= 11 is 6.12. The van der Waals surface area contributed by atoms with Crippen molar-refractivity contribution >= 4 is 22.5 Å². The van der Waals surface area contributed by atoms with Gasteiger partial charge in [-0.2, -0.15) is 5.10 Å². The van der Waals surface area contributed by atoms with E-state index in [2.05, 4.69) is 10.1 Å². The number of rotatable bonds is 5. The number of aryl methyl sites for hydroxylation is 1. The molecule has 0 N–H and O–H groups in total. The van der Waals surface area contributed by atoms with Crippen molar-refractivity contribution in [2.24, 2.45) is 0 Å². The second-order valence-electron chi connectivity index (χ2n) is 6.63. The molecule has 4 nitrogen and oxygen atoms in total. The zero-order valence-electron chi connectivity index (χ0n) is 15.9. The number of fused-ring (bicyclic) bond motifs is 1. The molecule has 0 spiro atoms. The molecule has 0 radical (unpaired) electrons. The van der Waals surface area contributed by atoms with Crippen molar-refractivity contribution in [3.05, 3.63) is 76.4 Å². The molecule has 0 aliphatic rings. The van der Waals surface area contributed by atoms with Crippen LogP contribution in [0, 0.1) is 18.6 Å². The Morgan fingerprint density at radius 3 is 2.55 bits per heavy atom. The third kappa shape index (κ3) is 3.68. The van der Waals surface area contributed by atoms with Crippen molar-refractivity contribution in [2.75, 3.05) is 6.61 Å². The van der Waals surface area contributed by atoms with E-state index in [0.29, 0.717) is 23.0 Å². The van der Waals surface area contributed by atoms with E-state index < -0.39 is 11.6 Å². The van der Waals surface area contributed by atoms with Crippen LogP contribution >= 0.6 is 11.6 Å². The van der Waals surface area contributed by atoms with Crippen LogP contribution in [-0.4, -0.2) is 21.4 Å². The Hall–Kier alpha value is -2.99. The zero-order valence-corrected chi connectivity index (χ0v) is 16.7. The number of nitrogens with zero attached hydrogens (tertiary/aromatic N) is 3. The molecule has 0 aliphatic heterocycles. The fourth-order valence-corrected chi connectivity index (χ4v) is 3.52. The van der Waals surface area contributed by atoms with Gasteiger partial charge in [0.2, 0.25) is 0 Å². The van der Waals surface area contributed by atoms with Gasteiger partial charge in [-0.15, -0.1) is 0 Å². The molecule has 0 fully saturated rings. The highest BCUT2D eigenvalue weighted by Crippen LogP contribution is 2.31. The van der Waals surface area contributed by atoms with Gasteiger partial charge < -0.3 is 4.74 Å².